The minimum absolute atomic E-state index is 0.0801. The van der Waals surface area contributed by atoms with E-state index in [4.69, 9.17) is 0 Å². The van der Waals surface area contributed by atoms with Crippen molar-refractivity contribution in [1.82, 2.24) is 5.32 Å². The molecule has 3 N–H and O–H groups in total. The summed E-state index contributed by atoms with van der Waals surface area (Å²) in [6, 6.07) is -0.642. The second kappa shape index (κ2) is 46.0. The molecule has 0 saturated heterocycles. The molecule has 4 heteroatoms. The fourth-order valence-electron chi connectivity index (χ4n) is 7.37. The zero-order valence-corrected chi connectivity index (χ0v) is 36.5. The van der Waals surface area contributed by atoms with E-state index in [2.05, 4.69) is 43.5 Å². The molecular formula is C50H95NO3. The summed E-state index contributed by atoms with van der Waals surface area (Å²) >= 11 is 0. The topological polar surface area (TPSA) is 69.6 Å². The number of aliphatic hydroxyl groups is 2. The van der Waals surface area contributed by atoms with Gasteiger partial charge in [-0.25, -0.2) is 0 Å². The Labute approximate surface area is 338 Å². The Morgan fingerprint density at radius 2 is 0.722 bits per heavy atom. The van der Waals surface area contributed by atoms with Gasteiger partial charge in [-0.05, 0) is 57.8 Å². The number of hydrogen-bond donors (Lipinski definition) is 3. The molecule has 0 saturated carbocycles. The quantitative estimate of drug-likeness (QED) is 0.0428. The molecule has 0 aliphatic heterocycles. The second-order valence-electron chi connectivity index (χ2n) is 16.5. The summed E-state index contributed by atoms with van der Waals surface area (Å²) in [5.74, 6) is -0.0801. The zero-order valence-electron chi connectivity index (χ0n) is 36.5. The molecule has 0 aliphatic carbocycles. The Hall–Kier alpha value is -1.39. The van der Waals surface area contributed by atoms with Gasteiger partial charge in [0.2, 0.25) is 5.91 Å². The normalized spacial score (nSPS) is 13.2. The zero-order chi connectivity index (χ0) is 39.3. The summed E-state index contributed by atoms with van der Waals surface area (Å²) in [6.45, 7) is 4.31. The molecule has 0 bridgehead atoms. The van der Waals surface area contributed by atoms with Gasteiger partial charge in [0.1, 0.15) is 0 Å². The van der Waals surface area contributed by atoms with E-state index < -0.39 is 12.1 Å². The number of aliphatic hydroxyl groups excluding tert-OH is 2. The number of carbonyl (C=O) groups excluding carboxylic acids is 1. The minimum Gasteiger partial charge on any atom is -0.394 e. The van der Waals surface area contributed by atoms with Gasteiger partial charge in [0.05, 0.1) is 18.8 Å². The lowest BCUT2D eigenvalue weighted by molar-refractivity contribution is -0.123. The Morgan fingerprint density at radius 1 is 0.426 bits per heavy atom. The largest absolute Gasteiger partial charge is 0.394 e. The van der Waals surface area contributed by atoms with E-state index in [1.807, 2.05) is 6.08 Å². The monoisotopic (exact) mass is 758 g/mol. The molecule has 0 aliphatic rings. The molecule has 0 aromatic heterocycles. The number of unbranched alkanes of at least 4 members (excludes halogenated alkanes) is 33. The van der Waals surface area contributed by atoms with Crippen molar-refractivity contribution in [3.8, 4) is 0 Å². The van der Waals surface area contributed by atoms with Crippen molar-refractivity contribution in [2.45, 2.75) is 270 Å². The highest BCUT2D eigenvalue weighted by Gasteiger charge is 2.17. The van der Waals surface area contributed by atoms with Gasteiger partial charge in [-0.1, -0.05) is 230 Å². The smallest absolute Gasteiger partial charge is 0.220 e. The third-order valence-electron chi connectivity index (χ3n) is 11.1. The molecule has 2 unspecified atom stereocenters. The fraction of sp³-hybridized carbons (Fsp3) is 0.860. The fourth-order valence-corrected chi connectivity index (χ4v) is 7.37. The average molecular weight is 758 g/mol. The van der Waals surface area contributed by atoms with E-state index in [0.717, 1.165) is 44.9 Å². The summed E-state index contributed by atoms with van der Waals surface area (Å²) in [7, 11) is 0. The van der Waals surface area contributed by atoms with Crippen LogP contribution in [0.5, 0.6) is 0 Å². The van der Waals surface area contributed by atoms with Crippen LogP contribution in [-0.4, -0.2) is 34.9 Å². The Morgan fingerprint density at radius 3 is 1.07 bits per heavy atom. The molecule has 1 amide bonds. The van der Waals surface area contributed by atoms with Gasteiger partial charge in [-0.15, -0.1) is 0 Å². The van der Waals surface area contributed by atoms with Crippen LogP contribution in [0.25, 0.3) is 0 Å². The lowest BCUT2D eigenvalue weighted by Gasteiger charge is -2.19. The summed E-state index contributed by atoms with van der Waals surface area (Å²) in [4.78, 5) is 12.4. The lowest BCUT2D eigenvalue weighted by atomic mass is 10.0. The average Bonchev–Trinajstić information content (AvgIpc) is 3.18. The first-order valence-electron chi connectivity index (χ1n) is 24.2. The molecule has 0 rings (SSSR count). The van der Waals surface area contributed by atoms with E-state index in [9.17, 15) is 15.0 Å². The van der Waals surface area contributed by atoms with Crippen LogP contribution in [0.2, 0.25) is 0 Å². The molecule has 54 heavy (non-hydrogen) atoms. The van der Waals surface area contributed by atoms with E-state index in [1.54, 1.807) is 6.08 Å². The molecule has 0 aromatic rings. The van der Waals surface area contributed by atoms with E-state index in [0.29, 0.717) is 6.42 Å². The number of amides is 1. The van der Waals surface area contributed by atoms with Crippen LogP contribution in [0.1, 0.15) is 258 Å². The van der Waals surface area contributed by atoms with Gasteiger partial charge in [0, 0.05) is 6.42 Å². The summed E-state index contributed by atoms with van der Waals surface area (Å²) in [5.41, 5.74) is 0. The van der Waals surface area contributed by atoms with E-state index >= 15 is 0 Å². The summed E-state index contributed by atoms with van der Waals surface area (Å²) < 4.78 is 0. The maximum atomic E-state index is 12.4. The molecule has 0 radical (unpaired) electrons. The third-order valence-corrected chi connectivity index (χ3v) is 11.1. The van der Waals surface area contributed by atoms with Gasteiger partial charge < -0.3 is 15.5 Å². The molecule has 0 fully saturated rings. The minimum atomic E-state index is -0.865. The number of allylic oxidation sites excluding steroid dienone is 5. The summed E-state index contributed by atoms with van der Waals surface area (Å²) in [5, 5.41) is 23.0. The highest BCUT2D eigenvalue weighted by molar-refractivity contribution is 5.76. The van der Waals surface area contributed by atoms with Crippen LogP contribution in [-0.2, 0) is 4.79 Å². The number of hydrogen-bond acceptors (Lipinski definition) is 3. The van der Waals surface area contributed by atoms with Crippen LogP contribution in [0.4, 0.5) is 0 Å². The summed E-state index contributed by atoms with van der Waals surface area (Å²) in [6.07, 6.45) is 61.3. The highest BCUT2D eigenvalue weighted by atomic mass is 16.3. The van der Waals surface area contributed by atoms with Gasteiger partial charge in [0.15, 0.2) is 0 Å². The van der Waals surface area contributed by atoms with Crippen molar-refractivity contribution < 1.29 is 15.0 Å². The number of rotatable bonds is 44. The van der Waals surface area contributed by atoms with Gasteiger partial charge in [0.25, 0.3) is 0 Å². The Balaban J connectivity index is 3.58. The van der Waals surface area contributed by atoms with Crippen LogP contribution in [0, 0.1) is 0 Å². The number of carbonyl (C=O) groups is 1. The molecule has 318 valence electrons. The molecule has 0 heterocycles. The first-order valence-corrected chi connectivity index (χ1v) is 24.2. The predicted octanol–water partition coefficient (Wildman–Crippen LogP) is 15.4. The molecule has 2 atom stereocenters. The molecule has 0 spiro atoms. The van der Waals surface area contributed by atoms with Crippen LogP contribution < -0.4 is 5.32 Å². The van der Waals surface area contributed by atoms with E-state index in [-0.39, 0.29) is 12.5 Å². The first kappa shape index (κ1) is 52.6. The van der Waals surface area contributed by atoms with Crippen molar-refractivity contribution in [1.29, 1.82) is 0 Å². The third kappa shape index (κ3) is 41.8. The molecule has 4 nitrogen and oxygen atoms in total. The van der Waals surface area contributed by atoms with Gasteiger partial charge in [-0.2, -0.15) is 0 Å². The van der Waals surface area contributed by atoms with E-state index in [1.165, 1.54) is 193 Å². The van der Waals surface area contributed by atoms with Gasteiger partial charge in [-0.3, -0.25) is 4.79 Å². The van der Waals surface area contributed by atoms with Gasteiger partial charge >= 0.3 is 0 Å². The van der Waals surface area contributed by atoms with Crippen LogP contribution in [0.15, 0.2) is 36.5 Å². The molecular weight excluding hydrogens is 663 g/mol. The van der Waals surface area contributed by atoms with Crippen molar-refractivity contribution >= 4 is 5.91 Å². The van der Waals surface area contributed by atoms with Crippen molar-refractivity contribution in [3.63, 3.8) is 0 Å². The first-order chi connectivity index (χ1) is 26.7. The lowest BCUT2D eigenvalue weighted by Crippen LogP contribution is -2.45. The van der Waals surface area contributed by atoms with Crippen molar-refractivity contribution in [2.75, 3.05) is 6.61 Å². The standard InChI is InChI=1S/C50H95NO3/c1-3-5-7-9-11-13-15-17-19-21-23-24-25-26-27-28-29-31-33-35-37-39-41-43-45-49(53)48(47-52)51-50(54)46-44-42-40-38-36-34-32-30-22-20-18-16-14-12-10-8-6-4-2/h30,32,35,37,43,45,48-49,52-53H,3-29,31,33-34,36,38-42,44,46-47H2,1-2H3,(H,51,54)/b32-30-,37-35+,45-43+. The van der Waals surface area contributed by atoms with Crippen LogP contribution in [0.3, 0.4) is 0 Å². The van der Waals surface area contributed by atoms with Crippen molar-refractivity contribution in [2.24, 2.45) is 0 Å². The highest BCUT2D eigenvalue weighted by Crippen LogP contribution is 2.16. The number of nitrogens with one attached hydrogen (secondary N) is 1. The molecule has 0 aromatic carbocycles. The van der Waals surface area contributed by atoms with Crippen LogP contribution >= 0.6 is 0 Å². The predicted molar refractivity (Wildman–Crippen MR) is 239 cm³/mol. The Bertz CT molecular complexity index is 821. The maximum Gasteiger partial charge on any atom is 0.220 e. The van der Waals surface area contributed by atoms with Crippen molar-refractivity contribution in [3.05, 3.63) is 36.5 Å². The second-order valence-corrected chi connectivity index (χ2v) is 16.5. The Kier molecular flexibility index (Phi) is 44.8. The maximum absolute atomic E-state index is 12.4. The SMILES string of the molecule is CCCCCCCCCCC/C=C\CCCCCCCC(=O)NC(CO)C(O)/C=C/CC/C=C/CCCCCCCCCCCCCCCCCCCC.